The van der Waals surface area contributed by atoms with Crippen molar-refractivity contribution < 1.29 is 4.79 Å². The first-order chi connectivity index (χ1) is 13.5. The number of anilines is 1. The molecule has 6 heteroatoms. The van der Waals surface area contributed by atoms with E-state index in [9.17, 15) is 4.79 Å². The van der Waals surface area contributed by atoms with Crippen LogP contribution in [0, 0.1) is 0 Å². The minimum absolute atomic E-state index is 0.0295. The van der Waals surface area contributed by atoms with E-state index in [1.54, 1.807) is 24.3 Å². The van der Waals surface area contributed by atoms with Gasteiger partial charge in [0, 0.05) is 25.3 Å². The van der Waals surface area contributed by atoms with Crippen LogP contribution in [0.5, 0.6) is 0 Å². The molecule has 0 fully saturated rings. The van der Waals surface area contributed by atoms with Crippen LogP contribution in [0.15, 0.2) is 93.3 Å². The largest absolute Gasteiger partial charge is 0.378 e. The quantitative estimate of drug-likeness (QED) is 0.354. The van der Waals surface area contributed by atoms with Gasteiger partial charge in [0.25, 0.3) is 0 Å². The summed E-state index contributed by atoms with van der Waals surface area (Å²) in [6.07, 6.45) is 0. The second-order valence-electron chi connectivity index (χ2n) is 6.43. The highest BCUT2D eigenvalue weighted by Gasteiger charge is 1.99. The summed E-state index contributed by atoms with van der Waals surface area (Å²) < 4.78 is 0. The number of hydrogen-bond acceptors (Lipinski definition) is 6. The van der Waals surface area contributed by atoms with Gasteiger partial charge in [0.15, 0.2) is 5.78 Å². The maximum Gasteiger partial charge on any atom is 0.159 e. The fraction of sp³-hybridized carbons (Fsp3) is 0.136. The third-order valence-electron chi connectivity index (χ3n) is 4.05. The smallest absolute Gasteiger partial charge is 0.159 e. The minimum Gasteiger partial charge on any atom is -0.378 e. The number of nitrogens with zero attached hydrogens (tertiary/aromatic N) is 5. The summed E-state index contributed by atoms with van der Waals surface area (Å²) >= 11 is 0. The lowest BCUT2D eigenvalue weighted by molar-refractivity contribution is 0.101. The van der Waals surface area contributed by atoms with Crippen LogP contribution in [0.25, 0.3) is 0 Å². The maximum atomic E-state index is 11.3. The molecule has 28 heavy (non-hydrogen) atoms. The number of rotatable bonds is 6. The highest BCUT2D eigenvalue weighted by molar-refractivity contribution is 5.94. The highest BCUT2D eigenvalue weighted by Crippen LogP contribution is 2.24. The molecule has 0 amide bonds. The van der Waals surface area contributed by atoms with Crippen molar-refractivity contribution >= 4 is 34.2 Å². The number of hydrogen-bond donors (Lipinski definition) is 0. The topological polar surface area (TPSA) is 69.7 Å². The SMILES string of the molecule is CC(=O)c1ccc(N=Nc2ccc(N=Nc3ccc(N(C)C)cc3)cc2)cc1. The zero-order chi connectivity index (χ0) is 19.9. The van der Waals surface area contributed by atoms with Gasteiger partial charge in [-0.1, -0.05) is 0 Å². The molecular formula is C22H21N5O. The van der Waals surface area contributed by atoms with Crippen LogP contribution in [-0.2, 0) is 0 Å². The average Bonchev–Trinajstić information content (AvgIpc) is 2.72. The molecule has 6 nitrogen and oxygen atoms in total. The molecule has 0 bridgehead atoms. The third-order valence-corrected chi connectivity index (χ3v) is 4.05. The van der Waals surface area contributed by atoms with Crippen molar-refractivity contribution in [3.05, 3.63) is 78.4 Å². The molecule has 0 spiro atoms. The molecule has 140 valence electrons. The normalized spacial score (nSPS) is 11.2. The minimum atomic E-state index is 0.0295. The monoisotopic (exact) mass is 371 g/mol. The molecule has 0 aliphatic heterocycles. The van der Waals surface area contributed by atoms with Crippen molar-refractivity contribution in [3.8, 4) is 0 Å². The lowest BCUT2D eigenvalue weighted by Crippen LogP contribution is -2.07. The van der Waals surface area contributed by atoms with Gasteiger partial charge in [-0.25, -0.2) is 0 Å². The second kappa shape index (κ2) is 8.81. The molecule has 0 atom stereocenters. The number of carbonyl (C=O) groups is 1. The molecule has 0 radical (unpaired) electrons. The number of ketones is 1. The molecule has 0 heterocycles. The van der Waals surface area contributed by atoms with Gasteiger partial charge in [0.1, 0.15) is 0 Å². The summed E-state index contributed by atoms with van der Waals surface area (Å²) in [7, 11) is 3.99. The predicted molar refractivity (Wildman–Crippen MR) is 112 cm³/mol. The van der Waals surface area contributed by atoms with Crippen LogP contribution in [0.2, 0.25) is 0 Å². The van der Waals surface area contributed by atoms with Gasteiger partial charge >= 0.3 is 0 Å². The first kappa shape index (κ1) is 19.1. The Labute approximate surface area is 164 Å². The third kappa shape index (κ3) is 5.17. The predicted octanol–water partition coefficient (Wildman–Crippen LogP) is 6.79. The van der Waals surface area contributed by atoms with Crippen LogP contribution in [0.3, 0.4) is 0 Å². The highest BCUT2D eigenvalue weighted by atomic mass is 16.1. The van der Waals surface area contributed by atoms with E-state index < -0.39 is 0 Å². The van der Waals surface area contributed by atoms with Gasteiger partial charge in [-0.05, 0) is 79.7 Å². The zero-order valence-corrected chi connectivity index (χ0v) is 16.1. The van der Waals surface area contributed by atoms with E-state index in [1.165, 1.54) is 6.92 Å². The van der Waals surface area contributed by atoms with Crippen molar-refractivity contribution in [2.45, 2.75) is 6.92 Å². The van der Waals surface area contributed by atoms with E-state index in [1.807, 2.05) is 67.5 Å². The van der Waals surface area contributed by atoms with Gasteiger partial charge in [-0.3, -0.25) is 4.79 Å². The number of azo groups is 2. The summed E-state index contributed by atoms with van der Waals surface area (Å²) in [4.78, 5) is 13.3. The van der Waals surface area contributed by atoms with Crippen molar-refractivity contribution in [2.75, 3.05) is 19.0 Å². The number of Topliss-reactive ketones (excluding diaryl/α,β-unsaturated/α-hetero) is 1. The Balaban J connectivity index is 1.63. The van der Waals surface area contributed by atoms with Crippen molar-refractivity contribution in [1.82, 2.24) is 0 Å². The second-order valence-corrected chi connectivity index (χ2v) is 6.43. The standard InChI is InChI=1S/C22H21N5O/c1-16(28)17-4-6-18(7-5-17)23-24-19-8-10-20(11-9-19)25-26-21-12-14-22(15-13-21)27(2)3/h4-15H,1-3H3. The van der Waals surface area contributed by atoms with E-state index in [2.05, 4.69) is 20.5 Å². The summed E-state index contributed by atoms with van der Waals surface area (Å²) in [6, 6.07) is 22.2. The Kier molecular flexibility index (Phi) is 6.01. The molecule has 0 aromatic heterocycles. The zero-order valence-electron chi connectivity index (χ0n) is 16.1. The van der Waals surface area contributed by atoms with E-state index in [0.717, 1.165) is 17.1 Å². The van der Waals surface area contributed by atoms with Crippen LogP contribution in [0.1, 0.15) is 17.3 Å². The summed E-state index contributed by atoms with van der Waals surface area (Å²) in [5.41, 5.74) is 4.71. The van der Waals surface area contributed by atoms with E-state index in [4.69, 9.17) is 0 Å². The van der Waals surface area contributed by atoms with Gasteiger partial charge in [0.05, 0.1) is 22.7 Å². The van der Waals surface area contributed by atoms with Crippen molar-refractivity contribution in [1.29, 1.82) is 0 Å². The Morgan fingerprint density at radius 3 is 1.25 bits per heavy atom. The summed E-state index contributed by atoms with van der Waals surface area (Å²) in [6.45, 7) is 1.54. The lowest BCUT2D eigenvalue weighted by atomic mass is 10.1. The first-order valence-corrected chi connectivity index (χ1v) is 8.83. The lowest BCUT2D eigenvalue weighted by Gasteiger charge is -2.11. The number of benzene rings is 3. The molecule has 0 saturated carbocycles. The fourth-order valence-electron chi connectivity index (χ4n) is 2.40. The molecule has 0 aliphatic carbocycles. The summed E-state index contributed by atoms with van der Waals surface area (Å²) in [5, 5.41) is 16.9. The van der Waals surface area contributed by atoms with Crippen LogP contribution in [0.4, 0.5) is 28.4 Å². The molecule has 3 aromatic rings. The van der Waals surface area contributed by atoms with Crippen LogP contribution in [-0.4, -0.2) is 19.9 Å². The molecule has 0 saturated heterocycles. The van der Waals surface area contributed by atoms with Gasteiger partial charge in [0.2, 0.25) is 0 Å². The van der Waals surface area contributed by atoms with Gasteiger partial charge in [-0.2, -0.15) is 20.5 Å². The first-order valence-electron chi connectivity index (χ1n) is 8.83. The molecule has 3 aromatic carbocycles. The Hall–Kier alpha value is -3.67. The Bertz CT molecular complexity index is 989. The van der Waals surface area contributed by atoms with Crippen molar-refractivity contribution in [3.63, 3.8) is 0 Å². The molecule has 0 unspecified atom stereocenters. The van der Waals surface area contributed by atoms with E-state index in [-0.39, 0.29) is 5.78 Å². The molecule has 3 rings (SSSR count). The van der Waals surface area contributed by atoms with Crippen LogP contribution >= 0.6 is 0 Å². The van der Waals surface area contributed by atoms with Crippen LogP contribution < -0.4 is 4.90 Å². The molecule has 0 N–H and O–H groups in total. The van der Waals surface area contributed by atoms with E-state index in [0.29, 0.717) is 16.9 Å². The summed E-state index contributed by atoms with van der Waals surface area (Å²) in [5.74, 6) is 0.0295. The van der Waals surface area contributed by atoms with Crippen molar-refractivity contribution in [2.24, 2.45) is 20.5 Å². The molecular weight excluding hydrogens is 350 g/mol. The Morgan fingerprint density at radius 2 is 0.929 bits per heavy atom. The average molecular weight is 371 g/mol. The maximum absolute atomic E-state index is 11.3. The van der Waals surface area contributed by atoms with E-state index >= 15 is 0 Å². The molecule has 0 aliphatic rings. The van der Waals surface area contributed by atoms with Gasteiger partial charge < -0.3 is 4.90 Å². The Morgan fingerprint density at radius 1 is 0.607 bits per heavy atom. The number of carbonyl (C=O) groups excluding carboxylic acids is 1. The fourth-order valence-corrected chi connectivity index (χ4v) is 2.40. The van der Waals surface area contributed by atoms with Gasteiger partial charge in [-0.15, -0.1) is 0 Å².